The van der Waals surface area contributed by atoms with Crippen LogP contribution < -0.4 is 11.3 Å². The van der Waals surface area contributed by atoms with Gasteiger partial charge in [0.2, 0.25) is 0 Å². The van der Waals surface area contributed by atoms with Crippen LogP contribution in [0.3, 0.4) is 0 Å². The number of nitrogens with one attached hydrogen (secondary N) is 1. The summed E-state index contributed by atoms with van der Waals surface area (Å²) in [6, 6.07) is 8.77. The third-order valence-electron chi connectivity index (χ3n) is 3.82. The predicted octanol–water partition coefficient (Wildman–Crippen LogP) is 4.96. The molecule has 0 aliphatic heterocycles. The zero-order valence-electron chi connectivity index (χ0n) is 12.7. The molecule has 1 unspecified atom stereocenters. The van der Waals surface area contributed by atoms with E-state index in [0.29, 0.717) is 6.04 Å². The fourth-order valence-corrected chi connectivity index (χ4v) is 2.97. The van der Waals surface area contributed by atoms with Crippen molar-refractivity contribution in [2.45, 2.75) is 70.8 Å². The Morgan fingerprint density at radius 2 is 1.70 bits per heavy atom. The average Bonchev–Trinajstić information content (AvgIpc) is 2.47. The molecule has 1 rings (SSSR count). The molecule has 2 nitrogen and oxygen atoms in total. The maximum absolute atomic E-state index is 5.69. The number of hydrogen-bond donors (Lipinski definition) is 2. The molecule has 1 aromatic carbocycles. The lowest BCUT2D eigenvalue weighted by Crippen LogP contribution is -2.36. The fraction of sp³-hybridized carbons (Fsp3) is 0.647. The minimum Gasteiger partial charge on any atom is -0.271 e. The van der Waals surface area contributed by atoms with Gasteiger partial charge in [-0.05, 0) is 24.5 Å². The zero-order chi connectivity index (χ0) is 14.6. The van der Waals surface area contributed by atoms with Crippen LogP contribution in [0.15, 0.2) is 28.7 Å². The smallest absolute Gasteiger partial charge is 0.0251 e. The summed E-state index contributed by atoms with van der Waals surface area (Å²) in [6.45, 7) is 2.26. The van der Waals surface area contributed by atoms with Crippen LogP contribution in [0.1, 0.15) is 63.9 Å². The van der Waals surface area contributed by atoms with E-state index in [2.05, 4.69) is 52.5 Å². The molecule has 0 spiro atoms. The van der Waals surface area contributed by atoms with Gasteiger partial charge in [-0.15, -0.1) is 0 Å². The third-order valence-corrected chi connectivity index (χ3v) is 4.59. The maximum Gasteiger partial charge on any atom is 0.0251 e. The van der Waals surface area contributed by atoms with Gasteiger partial charge in [-0.2, -0.15) is 0 Å². The van der Waals surface area contributed by atoms with E-state index in [1.165, 1.54) is 55.0 Å². The number of hydrazine groups is 1. The minimum absolute atomic E-state index is 0.379. The van der Waals surface area contributed by atoms with Gasteiger partial charge in [-0.1, -0.05) is 86.0 Å². The topological polar surface area (TPSA) is 38.0 Å². The molecule has 0 aliphatic carbocycles. The Kier molecular flexibility index (Phi) is 9.98. The van der Waals surface area contributed by atoms with E-state index in [1.54, 1.807) is 0 Å². The molecule has 0 saturated carbocycles. The van der Waals surface area contributed by atoms with E-state index >= 15 is 0 Å². The minimum atomic E-state index is 0.379. The Labute approximate surface area is 132 Å². The van der Waals surface area contributed by atoms with E-state index < -0.39 is 0 Å². The highest BCUT2D eigenvalue weighted by Gasteiger charge is 2.09. The SMILES string of the molecule is CCCCCCCCCC(Cc1ccccc1Br)NN. The summed E-state index contributed by atoms with van der Waals surface area (Å²) >= 11 is 3.60. The monoisotopic (exact) mass is 340 g/mol. The van der Waals surface area contributed by atoms with E-state index in [9.17, 15) is 0 Å². The molecule has 20 heavy (non-hydrogen) atoms. The normalized spacial score (nSPS) is 12.6. The van der Waals surface area contributed by atoms with Gasteiger partial charge < -0.3 is 0 Å². The van der Waals surface area contributed by atoms with Crippen molar-refractivity contribution in [1.29, 1.82) is 0 Å². The number of halogens is 1. The van der Waals surface area contributed by atoms with Crippen molar-refractivity contribution < 1.29 is 0 Å². The van der Waals surface area contributed by atoms with E-state index in [1.807, 2.05) is 0 Å². The highest BCUT2D eigenvalue weighted by atomic mass is 79.9. The Morgan fingerprint density at radius 3 is 2.35 bits per heavy atom. The Bertz CT molecular complexity index is 355. The first-order valence-electron chi connectivity index (χ1n) is 7.97. The van der Waals surface area contributed by atoms with Crippen molar-refractivity contribution in [2.75, 3.05) is 0 Å². The molecule has 3 N–H and O–H groups in total. The summed E-state index contributed by atoms with van der Waals surface area (Å²) < 4.78 is 1.18. The second kappa shape index (κ2) is 11.3. The van der Waals surface area contributed by atoms with Crippen LogP contribution >= 0.6 is 15.9 Å². The molecule has 1 aromatic rings. The maximum atomic E-state index is 5.69. The quantitative estimate of drug-likeness (QED) is 0.339. The lowest BCUT2D eigenvalue weighted by molar-refractivity contribution is 0.458. The molecular weight excluding hydrogens is 312 g/mol. The zero-order valence-corrected chi connectivity index (χ0v) is 14.3. The van der Waals surface area contributed by atoms with Gasteiger partial charge in [0.15, 0.2) is 0 Å². The molecule has 0 heterocycles. The molecule has 1 atom stereocenters. The van der Waals surface area contributed by atoms with Crippen LogP contribution in [0.2, 0.25) is 0 Å². The summed E-state index contributed by atoms with van der Waals surface area (Å²) in [4.78, 5) is 0. The van der Waals surface area contributed by atoms with Gasteiger partial charge in [-0.3, -0.25) is 11.3 Å². The van der Waals surface area contributed by atoms with Crippen LogP contribution in [-0.4, -0.2) is 6.04 Å². The highest BCUT2D eigenvalue weighted by molar-refractivity contribution is 9.10. The first-order valence-corrected chi connectivity index (χ1v) is 8.76. The molecule has 0 aliphatic rings. The second-order valence-corrected chi connectivity index (χ2v) is 6.42. The first-order chi connectivity index (χ1) is 9.77. The molecule has 3 heteroatoms. The van der Waals surface area contributed by atoms with Gasteiger partial charge >= 0.3 is 0 Å². The van der Waals surface area contributed by atoms with Crippen molar-refractivity contribution in [3.05, 3.63) is 34.3 Å². The largest absolute Gasteiger partial charge is 0.271 e. The van der Waals surface area contributed by atoms with E-state index in [-0.39, 0.29) is 0 Å². The molecule has 0 bridgehead atoms. The number of nitrogens with two attached hydrogens (primary N) is 1. The summed E-state index contributed by atoms with van der Waals surface area (Å²) in [5.74, 6) is 5.69. The van der Waals surface area contributed by atoms with Crippen molar-refractivity contribution >= 4 is 15.9 Å². The van der Waals surface area contributed by atoms with Crippen molar-refractivity contribution in [3.63, 3.8) is 0 Å². The molecule has 0 fully saturated rings. The second-order valence-electron chi connectivity index (χ2n) is 5.57. The first kappa shape index (κ1) is 17.7. The average molecular weight is 341 g/mol. The number of unbranched alkanes of at least 4 members (excludes halogenated alkanes) is 6. The molecular formula is C17H29BrN2. The van der Waals surface area contributed by atoms with Crippen molar-refractivity contribution in [3.8, 4) is 0 Å². The highest BCUT2D eigenvalue weighted by Crippen LogP contribution is 2.19. The Morgan fingerprint density at radius 1 is 1.05 bits per heavy atom. The van der Waals surface area contributed by atoms with Crippen molar-refractivity contribution in [2.24, 2.45) is 5.84 Å². The molecule has 0 aromatic heterocycles. The van der Waals surface area contributed by atoms with Gasteiger partial charge in [-0.25, -0.2) is 0 Å². The van der Waals surface area contributed by atoms with Gasteiger partial charge in [0.05, 0.1) is 0 Å². The lowest BCUT2D eigenvalue weighted by atomic mass is 10.00. The van der Waals surface area contributed by atoms with Gasteiger partial charge in [0.25, 0.3) is 0 Å². The predicted molar refractivity (Wildman–Crippen MR) is 91.6 cm³/mol. The van der Waals surface area contributed by atoms with E-state index in [4.69, 9.17) is 5.84 Å². The summed E-state index contributed by atoms with van der Waals surface area (Å²) in [5, 5.41) is 0. The third kappa shape index (κ3) is 7.41. The Balaban J connectivity index is 2.18. The van der Waals surface area contributed by atoms with Crippen LogP contribution in [0.4, 0.5) is 0 Å². The fourth-order valence-electron chi connectivity index (χ4n) is 2.52. The van der Waals surface area contributed by atoms with Crippen LogP contribution in [0.5, 0.6) is 0 Å². The van der Waals surface area contributed by atoms with Crippen LogP contribution in [0, 0.1) is 0 Å². The number of rotatable bonds is 11. The molecule has 114 valence electrons. The van der Waals surface area contributed by atoms with Gasteiger partial charge in [0.1, 0.15) is 0 Å². The van der Waals surface area contributed by atoms with E-state index in [0.717, 1.165) is 12.8 Å². The number of hydrogen-bond acceptors (Lipinski definition) is 2. The molecule has 0 saturated heterocycles. The summed E-state index contributed by atoms with van der Waals surface area (Å²) in [7, 11) is 0. The lowest BCUT2D eigenvalue weighted by Gasteiger charge is -2.16. The van der Waals surface area contributed by atoms with Crippen LogP contribution in [0.25, 0.3) is 0 Å². The van der Waals surface area contributed by atoms with Crippen LogP contribution in [-0.2, 0) is 6.42 Å². The Hall–Kier alpha value is -0.380. The number of benzene rings is 1. The van der Waals surface area contributed by atoms with Gasteiger partial charge in [0, 0.05) is 10.5 Å². The summed E-state index contributed by atoms with van der Waals surface area (Å²) in [5.41, 5.74) is 4.30. The molecule has 0 amide bonds. The van der Waals surface area contributed by atoms with Crippen molar-refractivity contribution in [1.82, 2.24) is 5.43 Å². The standard InChI is InChI=1S/C17H29BrN2/c1-2-3-4-5-6-7-8-12-16(20-19)14-15-11-9-10-13-17(15)18/h9-11,13,16,20H,2-8,12,14,19H2,1H3. The summed E-state index contributed by atoms with van der Waals surface area (Å²) in [6.07, 6.45) is 11.6. The molecule has 0 radical (unpaired) electrons.